The molecular weight excluding hydrogens is 244 g/mol. The molecule has 2 heterocycles. The zero-order valence-corrected chi connectivity index (χ0v) is 9.85. The second-order valence-corrected chi connectivity index (χ2v) is 3.85. The molecule has 1 N–H and O–H groups in total. The standard InChI is InChI=1S/C13H10N4O2/c18-13(12-5-2-6-19-12)16-10-3-1-4-11(7-10)17-8-14-15-9-17/h1-9H,(H,16,18). The van der Waals surface area contributed by atoms with Crippen molar-refractivity contribution in [2.75, 3.05) is 5.32 Å². The number of carbonyl (C=O) groups excluding carboxylic acids is 1. The number of hydrogen-bond donors (Lipinski definition) is 1. The van der Waals surface area contributed by atoms with Gasteiger partial charge in [0.1, 0.15) is 12.7 Å². The van der Waals surface area contributed by atoms with Crippen LogP contribution in [0.1, 0.15) is 10.6 Å². The molecule has 6 nitrogen and oxygen atoms in total. The molecule has 1 amide bonds. The van der Waals surface area contributed by atoms with Crippen molar-refractivity contribution in [1.29, 1.82) is 0 Å². The SMILES string of the molecule is O=C(Nc1cccc(-n2cnnc2)c1)c1ccco1. The van der Waals surface area contributed by atoms with Crippen LogP contribution >= 0.6 is 0 Å². The summed E-state index contributed by atoms with van der Waals surface area (Å²) in [6.07, 6.45) is 4.64. The van der Waals surface area contributed by atoms with Crippen molar-refractivity contribution in [3.05, 3.63) is 61.1 Å². The first kappa shape index (κ1) is 11.2. The summed E-state index contributed by atoms with van der Waals surface area (Å²) in [4.78, 5) is 11.8. The van der Waals surface area contributed by atoms with Gasteiger partial charge in [-0.1, -0.05) is 6.07 Å². The summed E-state index contributed by atoms with van der Waals surface area (Å²) in [5.74, 6) is -0.0133. The highest BCUT2D eigenvalue weighted by Crippen LogP contribution is 2.15. The van der Waals surface area contributed by atoms with Gasteiger partial charge < -0.3 is 9.73 Å². The summed E-state index contributed by atoms with van der Waals surface area (Å²) >= 11 is 0. The Balaban J connectivity index is 1.82. The minimum Gasteiger partial charge on any atom is -0.459 e. The van der Waals surface area contributed by atoms with Gasteiger partial charge >= 0.3 is 0 Å². The lowest BCUT2D eigenvalue weighted by Gasteiger charge is -2.06. The molecule has 0 radical (unpaired) electrons. The molecule has 3 aromatic rings. The first-order valence-electron chi connectivity index (χ1n) is 5.63. The van der Waals surface area contributed by atoms with E-state index in [1.54, 1.807) is 35.4 Å². The number of benzene rings is 1. The van der Waals surface area contributed by atoms with Crippen molar-refractivity contribution >= 4 is 11.6 Å². The summed E-state index contributed by atoms with van der Waals surface area (Å²) < 4.78 is 6.79. The van der Waals surface area contributed by atoms with Gasteiger partial charge in [-0.15, -0.1) is 10.2 Å². The van der Waals surface area contributed by atoms with E-state index < -0.39 is 0 Å². The quantitative estimate of drug-likeness (QED) is 0.776. The van der Waals surface area contributed by atoms with E-state index in [4.69, 9.17) is 4.42 Å². The maximum absolute atomic E-state index is 11.8. The van der Waals surface area contributed by atoms with E-state index in [1.165, 1.54) is 6.26 Å². The molecule has 94 valence electrons. The molecular formula is C13H10N4O2. The van der Waals surface area contributed by atoms with Crippen LogP contribution in [0.3, 0.4) is 0 Å². The molecule has 0 aliphatic rings. The highest BCUT2D eigenvalue weighted by Gasteiger charge is 2.08. The fourth-order valence-corrected chi connectivity index (χ4v) is 1.68. The number of nitrogens with zero attached hydrogens (tertiary/aromatic N) is 3. The third-order valence-electron chi connectivity index (χ3n) is 2.57. The molecule has 0 bridgehead atoms. The predicted octanol–water partition coefficient (Wildman–Crippen LogP) is 2.11. The van der Waals surface area contributed by atoms with Gasteiger partial charge in [-0.05, 0) is 30.3 Å². The Morgan fingerprint density at radius 1 is 1.16 bits per heavy atom. The molecule has 1 aromatic carbocycles. The van der Waals surface area contributed by atoms with Crippen LogP contribution in [0.2, 0.25) is 0 Å². The molecule has 0 saturated carbocycles. The summed E-state index contributed by atoms with van der Waals surface area (Å²) in [5.41, 5.74) is 1.54. The Bertz CT molecular complexity index is 675. The van der Waals surface area contributed by atoms with Crippen LogP contribution in [0.5, 0.6) is 0 Å². The minimum absolute atomic E-state index is 0.273. The number of furan rings is 1. The molecule has 0 saturated heterocycles. The van der Waals surface area contributed by atoms with E-state index >= 15 is 0 Å². The van der Waals surface area contributed by atoms with Crippen molar-refractivity contribution in [3.63, 3.8) is 0 Å². The number of hydrogen-bond acceptors (Lipinski definition) is 4. The Kier molecular flexibility index (Phi) is 2.82. The summed E-state index contributed by atoms with van der Waals surface area (Å²) in [5, 5.41) is 10.2. The lowest BCUT2D eigenvalue weighted by atomic mass is 10.2. The van der Waals surface area contributed by atoms with E-state index in [1.807, 2.05) is 18.2 Å². The lowest BCUT2D eigenvalue weighted by Crippen LogP contribution is -2.10. The molecule has 0 aliphatic heterocycles. The van der Waals surface area contributed by atoms with Gasteiger partial charge in [-0.25, -0.2) is 0 Å². The highest BCUT2D eigenvalue weighted by molar-refractivity contribution is 6.02. The number of rotatable bonds is 3. The van der Waals surface area contributed by atoms with Gasteiger partial charge in [0.15, 0.2) is 5.76 Å². The molecule has 19 heavy (non-hydrogen) atoms. The predicted molar refractivity (Wildman–Crippen MR) is 68.0 cm³/mol. The Morgan fingerprint density at radius 3 is 2.74 bits per heavy atom. The van der Waals surface area contributed by atoms with E-state index in [2.05, 4.69) is 15.5 Å². The summed E-state index contributed by atoms with van der Waals surface area (Å²) in [7, 11) is 0. The molecule has 0 fully saturated rings. The lowest BCUT2D eigenvalue weighted by molar-refractivity contribution is 0.0996. The van der Waals surface area contributed by atoms with Crippen LogP contribution in [0.15, 0.2) is 59.7 Å². The fourth-order valence-electron chi connectivity index (χ4n) is 1.68. The van der Waals surface area contributed by atoms with Crippen molar-refractivity contribution in [2.45, 2.75) is 0 Å². The molecule has 3 rings (SSSR count). The number of carbonyl (C=O) groups is 1. The largest absolute Gasteiger partial charge is 0.459 e. The third kappa shape index (κ3) is 2.37. The van der Waals surface area contributed by atoms with Gasteiger partial charge in [0.25, 0.3) is 5.91 Å². The molecule has 0 unspecified atom stereocenters. The smallest absolute Gasteiger partial charge is 0.291 e. The van der Waals surface area contributed by atoms with E-state index in [-0.39, 0.29) is 11.7 Å². The zero-order valence-electron chi connectivity index (χ0n) is 9.85. The maximum atomic E-state index is 11.8. The first-order valence-corrected chi connectivity index (χ1v) is 5.63. The summed E-state index contributed by atoms with van der Waals surface area (Å²) in [6, 6.07) is 10.6. The van der Waals surface area contributed by atoms with Gasteiger partial charge in [0, 0.05) is 5.69 Å². The third-order valence-corrected chi connectivity index (χ3v) is 2.57. The van der Waals surface area contributed by atoms with E-state index in [0.717, 1.165) is 5.69 Å². The van der Waals surface area contributed by atoms with Crippen molar-refractivity contribution in [3.8, 4) is 5.69 Å². The highest BCUT2D eigenvalue weighted by atomic mass is 16.3. The van der Waals surface area contributed by atoms with E-state index in [0.29, 0.717) is 5.69 Å². The van der Waals surface area contributed by atoms with Crippen molar-refractivity contribution in [1.82, 2.24) is 14.8 Å². The van der Waals surface area contributed by atoms with Crippen LogP contribution in [0.4, 0.5) is 5.69 Å². The topological polar surface area (TPSA) is 73.0 Å². The van der Waals surface area contributed by atoms with Crippen LogP contribution in [0, 0.1) is 0 Å². The molecule has 0 spiro atoms. The molecule has 0 atom stereocenters. The van der Waals surface area contributed by atoms with E-state index in [9.17, 15) is 4.79 Å². The first-order chi connectivity index (χ1) is 9.33. The van der Waals surface area contributed by atoms with Crippen LogP contribution in [-0.2, 0) is 0 Å². The van der Waals surface area contributed by atoms with Crippen LogP contribution < -0.4 is 5.32 Å². The second-order valence-electron chi connectivity index (χ2n) is 3.85. The zero-order chi connectivity index (χ0) is 13.1. The fraction of sp³-hybridized carbons (Fsp3) is 0. The molecule has 6 heteroatoms. The Hall–Kier alpha value is -2.89. The number of nitrogens with one attached hydrogen (secondary N) is 1. The normalized spacial score (nSPS) is 10.3. The average molecular weight is 254 g/mol. The monoisotopic (exact) mass is 254 g/mol. The number of aromatic nitrogens is 3. The molecule has 2 aromatic heterocycles. The average Bonchev–Trinajstić information content (AvgIpc) is 3.13. The number of anilines is 1. The summed E-state index contributed by atoms with van der Waals surface area (Å²) in [6.45, 7) is 0. The van der Waals surface area contributed by atoms with Crippen molar-refractivity contribution in [2.24, 2.45) is 0 Å². The van der Waals surface area contributed by atoms with Gasteiger partial charge in [0.05, 0.1) is 12.0 Å². The minimum atomic E-state index is -0.286. The number of amides is 1. The van der Waals surface area contributed by atoms with Crippen LogP contribution in [0.25, 0.3) is 5.69 Å². The Labute approximate surface area is 108 Å². The second kappa shape index (κ2) is 4.77. The van der Waals surface area contributed by atoms with Gasteiger partial charge in [-0.3, -0.25) is 9.36 Å². The Morgan fingerprint density at radius 2 is 2.00 bits per heavy atom. The maximum Gasteiger partial charge on any atom is 0.291 e. The van der Waals surface area contributed by atoms with Gasteiger partial charge in [-0.2, -0.15) is 0 Å². The van der Waals surface area contributed by atoms with Crippen molar-refractivity contribution < 1.29 is 9.21 Å². The molecule has 0 aliphatic carbocycles. The van der Waals surface area contributed by atoms with Gasteiger partial charge in [0.2, 0.25) is 0 Å². The van der Waals surface area contributed by atoms with Crippen LogP contribution in [-0.4, -0.2) is 20.7 Å².